The minimum Gasteiger partial charge on any atom is -0.492 e. The number of carbonyl (C=O) groups is 1. The lowest BCUT2D eigenvalue weighted by Gasteiger charge is -2.13. The fourth-order valence-corrected chi connectivity index (χ4v) is 2.77. The molecule has 0 amide bonds. The SMILES string of the molecule is CCOC(Cc1ccc(OCCn2nnc3ccccc3c2=O)cc1)C(=O)O. The summed E-state index contributed by atoms with van der Waals surface area (Å²) in [6.45, 7) is 2.63. The van der Waals surface area contributed by atoms with Crippen molar-refractivity contribution in [2.75, 3.05) is 13.2 Å². The molecule has 1 N–H and O–H groups in total. The maximum Gasteiger partial charge on any atom is 0.333 e. The van der Waals surface area contributed by atoms with E-state index in [4.69, 9.17) is 14.6 Å². The summed E-state index contributed by atoms with van der Waals surface area (Å²) in [4.78, 5) is 23.5. The first kappa shape index (κ1) is 19.5. The number of aliphatic carboxylic acids is 1. The highest BCUT2D eigenvalue weighted by molar-refractivity contribution is 5.76. The van der Waals surface area contributed by atoms with Gasteiger partial charge in [0.2, 0.25) is 0 Å². The van der Waals surface area contributed by atoms with Crippen LogP contribution in [0.1, 0.15) is 12.5 Å². The van der Waals surface area contributed by atoms with Gasteiger partial charge in [-0.05, 0) is 36.8 Å². The molecule has 0 spiro atoms. The second kappa shape index (κ2) is 9.09. The first-order valence-electron chi connectivity index (χ1n) is 8.97. The van der Waals surface area contributed by atoms with Crippen molar-refractivity contribution < 1.29 is 19.4 Å². The summed E-state index contributed by atoms with van der Waals surface area (Å²) in [6.07, 6.45) is -0.582. The molecular weight excluding hydrogens is 362 g/mol. The van der Waals surface area contributed by atoms with E-state index in [0.717, 1.165) is 5.56 Å². The van der Waals surface area contributed by atoms with Crippen LogP contribution in [0.2, 0.25) is 0 Å². The van der Waals surface area contributed by atoms with E-state index in [9.17, 15) is 9.59 Å². The normalized spacial score (nSPS) is 12.0. The second-order valence-electron chi connectivity index (χ2n) is 6.11. The van der Waals surface area contributed by atoms with Crippen molar-refractivity contribution in [2.24, 2.45) is 0 Å². The molecule has 1 heterocycles. The van der Waals surface area contributed by atoms with Gasteiger partial charge in [-0.1, -0.05) is 29.5 Å². The molecule has 1 unspecified atom stereocenters. The molecule has 1 aromatic heterocycles. The molecule has 8 heteroatoms. The van der Waals surface area contributed by atoms with E-state index in [0.29, 0.717) is 23.3 Å². The number of aromatic nitrogens is 3. The number of carboxylic acids is 1. The number of fused-ring (bicyclic) bond motifs is 1. The molecule has 0 saturated carbocycles. The molecule has 0 aliphatic heterocycles. The Morgan fingerprint density at radius 1 is 1.18 bits per heavy atom. The van der Waals surface area contributed by atoms with Crippen molar-refractivity contribution in [2.45, 2.75) is 26.0 Å². The quantitative estimate of drug-likeness (QED) is 0.602. The summed E-state index contributed by atoms with van der Waals surface area (Å²) >= 11 is 0. The van der Waals surface area contributed by atoms with Gasteiger partial charge in [-0.3, -0.25) is 4.79 Å². The van der Waals surface area contributed by atoms with Crippen LogP contribution in [0, 0.1) is 0 Å². The minimum atomic E-state index is -0.982. The zero-order valence-corrected chi connectivity index (χ0v) is 15.4. The van der Waals surface area contributed by atoms with Crippen LogP contribution >= 0.6 is 0 Å². The smallest absolute Gasteiger partial charge is 0.333 e. The van der Waals surface area contributed by atoms with Crippen LogP contribution in [0.15, 0.2) is 53.3 Å². The van der Waals surface area contributed by atoms with Gasteiger partial charge in [-0.25, -0.2) is 9.48 Å². The van der Waals surface area contributed by atoms with E-state index < -0.39 is 12.1 Å². The van der Waals surface area contributed by atoms with Gasteiger partial charge in [0.05, 0.1) is 11.9 Å². The van der Waals surface area contributed by atoms with Gasteiger partial charge in [0.15, 0.2) is 6.10 Å². The predicted molar refractivity (Wildman–Crippen MR) is 102 cm³/mol. The number of nitrogens with zero attached hydrogens (tertiary/aromatic N) is 3. The van der Waals surface area contributed by atoms with Crippen molar-refractivity contribution >= 4 is 16.9 Å². The monoisotopic (exact) mass is 383 g/mol. The van der Waals surface area contributed by atoms with Crippen LogP contribution in [0.25, 0.3) is 10.9 Å². The maximum atomic E-state index is 12.4. The Kier molecular flexibility index (Phi) is 6.33. The van der Waals surface area contributed by atoms with E-state index >= 15 is 0 Å². The first-order valence-corrected chi connectivity index (χ1v) is 8.97. The molecule has 0 aliphatic carbocycles. The third-order valence-corrected chi connectivity index (χ3v) is 4.19. The second-order valence-corrected chi connectivity index (χ2v) is 6.11. The van der Waals surface area contributed by atoms with Gasteiger partial charge in [-0.15, -0.1) is 5.10 Å². The van der Waals surface area contributed by atoms with E-state index in [1.165, 1.54) is 4.68 Å². The van der Waals surface area contributed by atoms with Crippen LogP contribution in [0.5, 0.6) is 5.75 Å². The summed E-state index contributed by atoms with van der Waals surface area (Å²) in [6, 6.07) is 14.2. The van der Waals surface area contributed by atoms with Gasteiger partial charge in [0.25, 0.3) is 5.56 Å². The third-order valence-electron chi connectivity index (χ3n) is 4.19. The van der Waals surface area contributed by atoms with Crippen LogP contribution in [-0.4, -0.2) is 45.4 Å². The topological polar surface area (TPSA) is 104 Å². The van der Waals surface area contributed by atoms with E-state index in [1.54, 1.807) is 55.5 Å². The van der Waals surface area contributed by atoms with Crippen molar-refractivity contribution in [3.63, 3.8) is 0 Å². The highest BCUT2D eigenvalue weighted by Crippen LogP contribution is 2.14. The van der Waals surface area contributed by atoms with Gasteiger partial charge in [0.1, 0.15) is 17.9 Å². The van der Waals surface area contributed by atoms with Crippen LogP contribution in [-0.2, 0) is 22.5 Å². The van der Waals surface area contributed by atoms with Crippen molar-refractivity contribution in [3.8, 4) is 5.75 Å². The Bertz CT molecular complexity index is 1000. The van der Waals surface area contributed by atoms with Crippen LogP contribution < -0.4 is 10.3 Å². The molecular formula is C20H21N3O5. The average Bonchev–Trinajstić information content (AvgIpc) is 2.70. The lowest BCUT2D eigenvalue weighted by molar-refractivity contribution is -0.149. The summed E-state index contributed by atoms with van der Waals surface area (Å²) in [7, 11) is 0. The molecule has 28 heavy (non-hydrogen) atoms. The fourth-order valence-electron chi connectivity index (χ4n) is 2.77. The van der Waals surface area contributed by atoms with E-state index in [2.05, 4.69) is 10.3 Å². The zero-order valence-electron chi connectivity index (χ0n) is 15.4. The summed E-state index contributed by atoms with van der Waals surface area (Å²) in [5.41, 5.74) is 1.19. The van der Waals surface area contributed by atoms with Gasteiger partial charge < -0.3 is 14.6 Å². The summed E-state index contributed by atoms with van der Waals surface area (Å²) in [5.74, 6) is -0.363. The number of hydrogen-bond donors (Lipinski definition) is 1. The van der Waals surface area contributed by atoms with Crippen molar-refractivity contribution in [1.29, 1.82) is 0 Å². The molecule has 0 fully saturated rings. The average molecular weight is 383 g/mol. The molecule has 1 atom stereocenters. The number of rotatable bonds is 9. The molecule has 0 radical (unpaired) electrons. The maximum absolute atomic E-state index is 12.4. The molecule has 2 aromatic carbocycles. The minimum absolute atomic E-state index is 0.208. The summed E-state index contributed by atoms with van der Waals surface area (Å²) < 4.78 is 12.1. The fraction of sp³-hybridized carbons (Fsp3) is 0.300. The Morgan fingerprint density at radius 2 is 1.93 bits per heavy atom. The summed E-state index contributed by atoms with van der Waals surface area (Å²) in [5, 5.41) is 17.6. The van der Waals surface area contributed by atoms with Crippen LogP contribution in [0.4, 0.5) is 0 Å². The van der Waals surface area contributed by atoms with E-state index in [-0.39, 0.29) is 25.1 Å². The highest BCUT2D eigenvalue weighted by Gasteiger charge is 2.17. The van der Waals surface area contributed by atoms with Crippen LogP contribution in [0.3, 0.4) is 0 Å². The Hall–Kier alpha value is -3.26. The molecule has 0 bridgehead atoms. The first-order chi connectivity index (χ1) is 13.6. The number of benzene rings is 2. The number of ether oxygens (including phenoxy) is 2. The van der Waals surface area contributed by atoms with Gasteiger partial charge in [-0.2, -0.15) is 0 Å². The van der Waals surface area contributed by atoms with E-state index in [1.807, 2.05) is 0 Å². The Morgan fingerprint density at radius 3 is 2.64 bits per heavy atom. The standard InChI is InChI=1S/C20H21N3O5/c1-2-27-18(20(25)26)13-14-7-9-15(10-8-14)28-12-11-23-19(24)16-5-3-4-6-17(16)21-22-23/h3-10,18H,2,11-13H2,1H3,(H,25,26). The third kappa shape index (κ3) is 4.72. The zero-order chi connectivity index (χ0) is 19.9. The Balaban J connectivity index is 1.57. The molecule has 3 aromatic rings. The number of hydrogen-bond acceptors (Lipinski definition) is 6. The molecule has 3 rings (SSSR count). The largest absolute Gasteiger partial charge is 0.492 e. The number of carboxylic acid groups (broad SMARTS) is 1. The lowest BCUT2D eigenvalue weighted by atomic mass is 10.1. The van der Waals surface area contributed by atoms with Gasteiger partial charge >= 0.3 is 5.97 Å². The highest BCUT2D eigenvalue weighted by atomic mass is 16.5. The molecule has 0 aliphatic rings. The predicted octanol–water partition coefficient (Wildman–Crippen LogP) is 1.90. The van der Waals surface area contributed by atoms with Crippen molar-refractivity contribution in [1.82, 2.24) is 15.0 Å². The Labute approximate surface area is 161 Å². The lowest BCUT2D eigenvalue weighted by Crippen LogP contribution is -2.27. The molecule has 146 valence electrons. The van der Waals surface area contributed by atoms with Crippen molar-refractivity contribution in [3.05, 3.63) is 64.4 Å². The van der Waals surface area contributed by atoms with Gasteiger partial charge in [0, 0.05) is 13.0 Å². The molecule has 0 saturated heterocycles. The molecule has 8 nitrogen and oxygen atoms in total.